The van der Waals surface area contributed by atoms with Crippen molar-refractivity contribution in [2.24, 2.45) is 0 Å². The number of hydrogen-bond acceptors (Lipinski definition) is 12. The Morgan fingerprint density at radius 1 is 0.500 bits per heavy atom. The van der Waals surface area contributed by atoms with E-state index in [2.05, 4.69) is 10.6 Å². The maximum absolute atomic E-state index is 13.5. The lowest BCUT2D eigenvalue weighted by atomic mass is 10.1. The van der Waals surface area contributed by atoms with E-state index in [0.29, 0.717) is 90.7 Å². The molecule has 4 aliphatic rings. The second-order valence-electron chi connectivity index (χ2n) is 13.0. The molecule has 50 heavy (non-hydrogen) atoms. The number of carbonyl (C=O) groups is 2. The second kappa shape index (κ2) is 22.4. The van der Waals surface area contributed by atoms with Gasteiger partial charge in [-0.3, -0.25) is 9.59 Å². The van der Waals surface area contributed by atoms with Crippen molar-refractivity contribution in [2.75, 3.05) is 106 Å². The van der Waals surface area contributed by atoms with Crippen molar-refractivity contribution in [3.8, 4) is 11.5 Å². The molecule has 5 rings (SSSR count). The number of ether oxygens (including phenoxy) is 10. The summed E-state index contributed by atoms with van der Waals surface area (Å²) >= 11 is 0. The van der Waals surface area contributed by atoms with Gasteiger partial charge >= 0.3 is 0 Å². The van der Waals surface area contributed by atoms with Gasteiger partial charge in [-0.25, -0.2) is 0 Å². The molecule has 282 valence electrons. The highest BCUT2D eigenvalue weighted by Gasteiger charge is 2.25. The molecule has 4 atom stereocenters. The van der Waals surface area contributed by atoms with Crippen LogP contribution in [0.1, 0.15) is 72.1 Å². The zero-order valence-corrected chi connectivity index (χ0v) is 29.3. The summed E-state index contributed by atoms with van der Waals surface area (Å²) in [7, 11) is 0. The van der Waals surface area contributed by atoms with Crippen LogP contribution in [-0.4, -0.2) is 142 Å². The summed E-state index contributed by atoms with van der Waals surface area (Å²) in [5, 5.41) is 5.98. The van der Waals surface area contributed by atoms with Crippen molar-refractivity contribution < 1.29 is 57.0 Å². The normalized spacial score (nSPS) is 21.4. The molecule has 0 radical (unpaired) electrons. The number of nitrogens with one attached hydrogen (secondary N) is 2. The maximum atomic E-state index is 13.5. The van der Waals surface area contributed by atoms with Gasteiger partial charge in [-0.2, -0.15) is 0 Å². The lowest BCUT2D eigenvalue weighted by Gasteiger charge is -2.18. The first-order chi connectivity index (χ1) is 24.7. The smallest absolute Gasteiger partial charge is 0.255 e. The fourth-order valence-electron chi connectivity index (χ4n) is 4.90. The molecular weight excluding hydrogens is 652 g/mol. The molecule has 0 aromatic heterocycles. The van der Waals surface area contributed by atoms with E-state index in [1.165, 1.54) is 0 Å². The summed E-state index contributed by atoms with van der Waals surface area (Å²) in [5.74, 6) is 0.126. The molecule has 0 saturated carbocycles. The van der Waals surface area contributed by atoms with Gasteiger partial charge in [-0.05, 0) is 57.4 Å². The van der Waals surface area contributed by atoms with Gasteiger partial charge in [0.05, 0.1) is 77.2 Å². The minimum absolute atomic E-state index is 0.234. The third kappa shape index (κ3) is 16.6. The van der Waals surface area contributed by atoms with Gasteiger partial charge in [-0.15, -0.1) is 0 Å². The molecule has 4 heterocycles. The Balaban J connectivity index is 1.15. The van der Waals surface area contributed by atoms with Crippen LogP contribution in [0.25, 0.3) is 0 Å². The summed E-state index contributed by atoms with van der Waals surface area (Å²) in [6.07, 6.45) is 7.15. The molecule has 4 aliphatic heterocycles. The average molecular weight is 709 g/mol. The molecule has 2 N–H and O–H groups in total. The van der Waals surface area contributed by atoms with E-state index in [4.69, 9.17) is 47.4 Å². The molecule has 1 aromatic carbocycles. The van der Waals surface area contributed by atoms with Crippen LogP contribution in [0.5, 0.6) is 11.5 Å². The highest BCUT2D eigenvalue weighted by molar-refractivity contribution is 6.03. The summed E-state index contributed by atoms with van der Waals surface area (Å²) < 4.78 is 55.5. The van der Waals surface area contributed by atoms with Gasteiger partial charge < -0.3 is 58.0 Å². The lowest BCUT2D eigenvalue weighted by molar-refractivity contribution is 0.0938. The van der Waals surface area contributed by atoms with Crippen molar-refractivity contribution in [1.29, 1.82) is 0 Å². The topological polar surface area (TPSA) is 164 Å². The van der Waals surface area contributed by atoms with Crippen molar-refractivity contribution in [3.05, 3.63) is 23.3 Å². The Morgan fingerprint density at radius 2 is 0.820 bits per heavy atom. The third-order valence-electron chi connectivity index (χ3n) is 8.28. The number of rotatable bonds is 32. The number of hydrogen-bond donors (Lipinski definition) is 2. The van der Waals surface area contributed by atoms with Crippen LogP contribution >= 0.6 is 0 Å². The van der Waals surface area contributed by atoms with Gasteiger partial charge in [0.25, 0.3) is 11.8 Å². The van der Waals surface area contributed by atoms with Gasteiger partial charge in [0.15, 0.2) is 0 Å². The Morgan fingerprint density at radius 3 is 1.16 bits per heavy atom. The van der Waals surface area contributed by atoms with Crippen LogP contribution in [0.3, 0.4) is 0 Å². The molecule has 14 heteroatoms. The van der Waals surface area contributed by atoms with E-state index >= 15 is 0 Å². The van der Waals surface area contributed by atoms with E-state index in [1.807, 2.05) is 0 Å². The van der Waals surface area contributed by atoms with Crippen molar-refractivity contribution in [2.45, 2.75) is 75.8 Å². The molecule has 14 nitrogen and oxygen atoms in total. The zero-order valence-electron chi connectivity index (χ0n) is 29.3. The summed E-state index contributed by atoms with van der Waals surface area (Å²) in [4.78, 5) is 27.0. The van der Waals surface area contributed by atoms with E-state index < -0.39 is 0 Å². The predicted molar refractivity (Wildman–Crippen MR) is 181 cm³/mol. The van der Waals surface area contributed by atoms with Crippen LogP contribution in [0.2, 0.25) is 0 Å². The molecule has 0 aliphatic carbocycles. The van der Waals surface area contributed by atoms with Gasteiger partial charge in [0, 0.05) is 45.6 Å². The van der Waals surface area contributed by atoms with Crippen molar-refractivity contribution in [1.82, 2.24) is 10.6 Å². The van der Waals surface area contributed by atoms with E-state index in [0.717, 1.165) is 77.8 Å². The fourth-order valence-corrected chi connectivity index (χ4v) is 4.90. The number of benzene rings is 1. The van der Waals surface area contributed by atoms with Gasteiger partial charge in [0.2, 0.25) is 0 Å². The Kier molecular flexibility index (Phi) is 17.3. The molecule has 0 bridgehead atoms. The first kappa shape index (κ1) is 38.7. The predicted octanol–water partition coefficient (Wildman–Crippen LogP) is 2.69. The van der Waals surface area contributed by atoms with Gasteiger partial charge in [-0.1, -0.05) is 0 Å². The average Bonchev–Trinajstić information content (AvgIpc) is 3.92. The van der Waals surface area contributed by atoms with Gasteiger partial charge in [0.1, 0.15) is 35.9 Å². The molecule has 1 aromatic rings. The Labute approximate surface area is 295 Å². The second-order valence-corrected chi connectivity index (χ2v) is 13.0. The maximum Gasteiger partial charge on any atom is 0.255 e. The van der Waals surface area contributed by atoms with Crippen LogP contribution in [-0.2, 0) is 37.9 Å². The summed E-state index contributed by atoms with van der Waals surface area (Å²) in [6, 6.07) is 3.26. The van der Waals surface area contributed by atoms with Crippen molar-refractivity contribution in [3.63, 3.8) is 0 Å². The standard InChI is InChI=1S/C36H56N2O12/c39-35(37-9-1-3-11-41-19-27-23-47-27)31-17-32(36(40)38-10-2-4-12-42-20-28-24-48-28)34(46-16-8-6-14-44-22-30-26-50-30)18-33(31)45-15-7-5-13-43-21-29-25-49-29/h17-18,27-30H,1-16,19-26H2,(H,37,39)(H,38,40). The molecule has 2 amide bonds. The lowest BCUT2D eigenvalue weighted by Crippen LogP contribution is -2.28. The third-order valence-corrected chi connectivity index (χ3v) is 8.28. The molecule has 4 fully saturated rings. The first-order valence-corrected chi connectivity index (χ1v) is 18.4. The first-order valence-electron chi connectivity index (χ1n) is 18.4. The number of amides is 2. The monoisotopic (exact) mass is 708 g/mol. The highest BCUT2D eigenvalue weighted by atomic mass is 16.6. The van der Waals surface area contributed by atoms with Crippen LogP contribution in [0.4, 0.5) is 0 Å². The Bertz CT molecular complexity index is 1060. The van der Waals surface area contributed by atoms with Crippen LogP contribution in [0, 0.1) is 0 Å². The largest absolute Gasteiger partial charge is 0.493 e. The summed E-state index contributed by atoms with van der Waals surface area (Å²) in [6.45, 7) is 9.66. The fraction of sp³-hybridized carbons (Fsp3) is 0.778. The summed E-state index contributed by atoms with van der Waals surface area (Å²) in [5.41, 5.74) is 0.580. The SMILES string of the molecule is O=C(NCCCCOCC1CO1)c1cc(C(=O)NCCCCOCC2CO2)c(OCCCCOCC2CO2)cc1OCCCCOCC1CO1. The van der Waals surface area contributed by atoms with E-state index in [9.17, 15) is 9.59 Å². The molecule has 4 saturated heterocycles. The van der Waals surface area contributed by atoms with Crippen molar-refractivity contribution >= 4 is 11.8 Å². The molecule has 4 unspecified atom stereocenters. The molecular formula is C36H56N2O12. The van der Waals surface area contributed by atoms with Crippen LogP contribution < -0.4 is 20.1 Å². The minimum atomic E-state index is -0.311. The minimum Gasteiger partial charge on any atom is -0.493 e. The highest BCUT2D eigenvalue weighted by Crippen LogP contribution is 2.30. The molecule has 0 spiro atoms. The zero-order chi connectivity index (χ0) is 34.6. The Hall–Kier alpha value is -2.56. The number of carbonyl (C=O) groups excluding carboxylic acids is 2. The van der Waals surface area contributed by atoms with E-state index in [-0.39, 0.29) is 47.4 Å². The van der Waals surface area contributed by atoms with Crippen LogP contribution in [0.15, 0.2) is 12.1 Å². The number of epoxide rings is 4. The van der Waals surface area contributed by atoms with E-state index in [1.54, 1.807) is 12.1 Å². The number of unbranched alkanes of at least 4 members (excludes halogenated alkanes) is 4. The quantitative estimate of drug-likeness (QED) is 0.0833.